The number of nitrogens with one attached hydrogen (secondary N) is 1. The fourth-order valence-corrected chi connectivity index (χ4v) is 5.38. The van der Waals surface area contributed by atoms with Crippen molar-refractivity contribution < 1.29 is 23.1 Å². The molecule has 2 saturated heterocycles. The minimum Gasteiger partial charge on any atom is -0.385 e. The zero-order valence-electron chi connectivity index (χ0n) is 19.1. The molecule has 2 aliphatic heterocycles. The Balaban J connectivity index is 1.41. The monoisotopic (exact) mass is 587 g/mol. The number of β-amino-alcohol motifs (C(OH)–C–C–N with tert-alkyl or cyclic N) is 1. The van der Waals surface area contributed by atoms with Gasteiger partial charge in [0.2, 0.25) is 0 Å². The van der Waals surface area contributed by atoms with Gasteiger partial charge in [-0.2, -0.15) is 0 Å². The largest absolute Gasteiger partial charge is 0.385 e. The maximum absolute atomic E-state index is 14.7. The van der Waals surface area contributed by atoms with Crippen LogP contribution in [0.1, 0.15) is 41.3 Å². The molecule has 0 spiro atoms. The van der Waals surface area contributed by atoms with Crippen LogP contribution in [0.25, 0.3) is 0 Å². The Labute approximate surface area is 211 Å². The molecule has 0 saturated carbocycles. The van der Waals surface area contributed by atoms with Crippen molar-refractivity contribution >= 4 is 28.5 Å². The molecular weight excluding hydrogens is 558 g/mol. The molecule has 0 aromatic heterocycles. The van der Waals surface area contributed by atoms with Gasteiger partial charge in [0, 0.05) is 40.2 Å². The fraction of sp³-hybridized carbons (Fsp3) is 0.480. The van der Waals surface area contributed by atoms with E-state index >= 15 is 0 Å². The first kappa shape index (κ1) is 25.4. The molecule has 184 valence electrons. The van der Waals surface area contributed by atoms with Crippen LogP contribution in [0.3, 0.4) is 0 Å². The van der Waals surface area contributed by atoms with Gasteiger partial charge >= 0.3 is 0 Å². The van der Waals surface area contributed by atoms with Crippen molar-refractivity contribution in [3.05, 3.63) is 68.0 Å². The molecule has 2 aromatic rings. The van der Waals surface area contributed by atoms with E-state index in [1.165, 1.54) is 29.5 Å². The summed E-state index contributed by atoms with van der Waals surface area (Å²) < 4.78 is 43.7. The zero-order valence-corrected chi connectivity index (χ0v) is 21.2. The van der Waals surface area contributed by atoms with Gasteiger partial charge in [-0.05, 0) is 78.4 Å². The second kappa shape index (κ2) is 10.5. The number of carbonyl (C=O) groups excluding carboxylic acids is 1. The number of rotatable bonds is 8. The summed E-state index contributed by atoms with van der Waals surface area (Å²) in [5, 5.41) is 14.1. The van der Waals surface area contributed by atoms with Gasteiger partial charge in [-0.15, -0.1) is 0 Å². The number of nitrogens with zero attached hydrogens (tertiary/aromatic N) is 2. The molecule has 0 radical (unpaired) electrons. The van der Waals surface area contributed by atoms with Crippen LogP contribution in [0, 0.1) is 21.0 Å². The van der Waals surface area contributed by atoms with E-state index in [0.717, 1.165) is 32.1 Å². The standard InChI is InChI=1S/C25H29F3IN3O2/c1-2-31-9-3-4-18(31)12-30-13-25(34)14-32(15-25)24(33)19-7-8-21(26)23(28)20(19)10-16-5-6-17(29)11-22(16)27/h5-8,11,18,30,34H,2-4,9-10,12-15H2,1H3. The Morgan fingerprint density at radius 3 is 2.68 bits per heavy atom. The van der Waals surface area contributed by atoms with Gasteiger partial charge in [0.25, 0.3) is 5.91 Å². The number of benzene rings is 2. The average Bonchev–Trinajstić information content (AvgIpc) is 3.24. The summed E-state index contributed by atoms with van der Waals surface area (Å²) in [4.78, 5) is 16.9. The van der Waals surface area contributed by atoms with Crippen LogP contribution in [0.15, 0.2) is 30.3 Å². The molecule has 2 aromatic carbocycles. The second-order valence-electron chi connectivity index (χ2n) is 9.24. The lowest BCUT2D eigenvalue weighted by Gasteiger charge is -2.47. The predicted octanol–water partition coefficient (Wildman–Crippen LogP) is 3.56. The molecule has 4 rings (SSSR count). The number of halogens is 4. The number of hydrogen-bond acceptors (Lipinski definition) is 4. The first-order valence-electron chi connectivity index (χ1n) is 11.6. The van der Waals surface area contributed by atoms with Gasteiger partial charge in [0.1, 0.15) is 11.4 Å². The van der Waals surface area contributed by atoms with Gasteiger partial charge in [0.15, 0.2) is 11.6 Å². The van der Waals surface area contributed by atoms with E-state index in [0.29, 0.717) is 16.2 Å². The summed E-state index contributed by atoms with van der Waals surface area (Å²) >= 11 is 1.96. The lowest BCUT2D eigenvalue weighted by Crippen LogP contribution is -2.67. The van der Waals surface area contributed by atoms with Crippen LogP contribution in [-0.2, 0) is 6.42 Å². The molecule has 2 heterocycles. The smallest absolute Gasteiger partial charge is 0.254 e. The molecule has 1 amide bonds. The van der Waals surface area contributed by atoms with Crippen molar-refractivity contribution in [3.63, 3.8) is 0 Å². The Hall–Kier alpha value is -1.69. The van der Waals surface area contributed by atoms with E-state index in [2.05, 4.69) is 17.1 Å². The van der Waals surface area contributed by atoms with Gasteiger partial charge in [-0.25, -0.2) is 13.2 Å². The van der Waals surface area contributed by atoms with E-state index in [4.69, 9.17) is 0 Å². The summed E-state index contributed by atoms with van der Waals surface area (Å²) in [5.41, 5.74) is -1.08. The number of likely N-dealkylation sites (tertiary alicyclic amines) is 2. The summed E-state index contributed by atoms with van der Waals surface area (Å²) in [6.07, 6.45) is 2.06. The average molecular weight is 587 g/mol. The number of likely N-dealkylation sites (N-methyl/N-ethyl adjacent to an activating group) is 1. The highest BCUT2D eigenvalue weighted by atomic mass is 127. The van der Waals surface area contributed by atoms with Crippen molar-refractivity contribution in [2.75, 3.05) is 39.3 Å². The highest BCUT2D eigenvalue weighted by Crippen LogP contribution is 2.28. The van der Waals surface area contributed by atoms with Crippen molar-refractivity contribution in [1.82, 2.24) is 15.1 Å². The molecule has 34 heavy (non-hydrogen) atoms. The third kappa shape index (κ3) is 5.42. The SMILES string of the molecule is CCN1CCCC1CNCC1(O)CN(C(=O)c2ccc(F)c(F)c2Cc2ccc(I)cc2F)C1. The minimum absolute atomic E-state index is 0.0172. The topological polar surface area (TPSA) is 55.8 Å². The van der Waals surface area contributed by atoms with Crippen molar-refractivity contribution in [2.24, 2.45) is 0 Å². The summed E-state index contributed by atoms with van der Waals surface area (Å²) in [7, 11) is 0. The Kier molecular flexibility index (Phi) is 7.85. The summed E-state index contributed by atoms with van der Waals surface area (Å²) in [6, 6.07) is 7.08. The van der Waals surface area contributed by atoms with Crippen LogP contribution in [0.4, 0.5) is 13.2 Å². The van der Waals surface area contributed by atoms with E-state index in [1.54, 1.807) is 6.07 Å². The molecule has 2 N–H and O–H groups in total. The van der Waals surface area contributed by atoms with Crippen LogP contribution in [0.2, 0.25) is 0 Å². The van der Waals surface area contributed by atoms with E-state index < -0.39 is 29.0 Å². The number of amides is 1. The minimum atomic E-state index is -1.15. The van der Waals surface area contributed by atoms with Crippen molar-refractivity contribution in [3.8, 4) is 0 Å². The molecule has 0 bridgehead atoms. The molecule has 1 atom stereocenters. The molecule has 5 nitrogen and oxygen atoms in total. The molecular formula is C25H29F3IN3O2. The van der Waals surface area contributed by atoms with Crippen molar-refractivity contribution in [1.29, 1.82) is 0 Å². The van der Waals surface area contributed by atoms with Crippen LogP contribution >= 0.6 is 22.6 Å². The van der Waals surface area contributed by atoms with E-state index in [9.17, 15) is 23.1 Å². The molecule has 0 aliphatic carbocycles. The molecule has 2 fully saturated rings. The molecule has 1 unspecified atom stereocenters. The van der Waals surface area contributed by atoms with Crippen LogP contribution in [0.5, 0.6) is 0 Å². The number of hydrogen-bond donors (Lipinski definition) is 2. The van der Waals surface area contributed by atoms with Crippen molar-refractivity contribution in [2.45, 2.75) is 37.8 Å². The number of carbonyl (C=O) groups is 1. The molecule has 9 heteroatoms. The maximum atomic E-state index is 14.7. The molecule has 2 aliphatic rings. The van der Waals surface area contributed by atoms with Gasteiger partial charge in [0.05, 0.1) is 13.1 Å². The van der Waals surface area contributed by atoms with Crippen LogP contribution in [-0.4, -0.2) is 71.7 Å². The van der Waals surface area contributed by atoms with Gasteiger partial charge < -0.3 is 15.3 Å². The Morgan fingerprint density at radius 2 is 1.97 bits per heavy atom. The maximum Gasteiger partial charge on any atom is 0.254 e. The highest BCUT2D eigenvalue weighted by Gasteiger charge is 2.44. The van der Waals surface area contributed by atoms with Crippen LogP contribution < -0.4 is 5.32 Å². The van der Waals surface area contributed by atoms with E-state index in [-0.39, 0.29) is 36.2 Å². The van der Waals surface area contributed by atoms with Gasteiger partial charge in [-0.3, -0.25) is 9.69 Å². The second-order valence-corrected chi connectivity index (χ2v) is 10.5. The Bertz CT molecular complexity index is 1060. The summed E-state index contributed by atoms with van der Waals surface area (Å²) in [6.45, 7) is 5.55. The summed E-state index contributed by atoms with van der Waals surface area (Å²) in [5.74, 6) is -3.28. The highest BCUT2D eigenvalue weighted by molar-refractivity contribution is 14.1. The fourth-order valence-electron chi connectivity index (χ4n) is 4.93. The third-order valence-electron chi connectivity index (χ3n) is 6.81. The lowest BCUT2D eigenvalue weighted by atomic mass is 9.91. The lowest BCUT2D eigenvalue weighted by molar-refractivity contribution is -0.0789. The third-order valence-corrected chi connectivity index (χ3v) is 7.48. The van der Waals surface area contributed by atoms with Gasteiger partial charge in [-0.1, -0.05) is 13.0 Å². The predicted molar refractivity (Wildman–Crippen MR) is 132 cm³/mol. The zero-order chi connectivity index (χ0) is 24.5. The Morgan fingerprint density at radius 1 is 1.21 bits per heavy atom. The number of aliphatic hydroxyl groups is 1. The quantitative estimate of drug-likeness (QED) is 0.465. The first-order chi connectivity index (χ1) is 16.2. The first-order valence-corrected chi connectivity index (χ1v) is 12.7. The van der Waals surface area contributed by atoms with E-state index in [1.807, 2.05) is 22.6 Å². The normalized spacial score (nSPS) is 19.9.